The number of hydrogen-bond acceptors (Lipinski definition) is 1. The van der Waals surface area contributed by atoms with E-state index in [9.17, 15) is 13.2 Å². The van der Waals surface area contributed by atoms with Gasteiger partial charge < -0.3 is 5.32 Å². The molecule has 0 radical (unpaired) electrons. The molecule has 18 heavy (non-hydrogen) atoms. The number of rotatable bonds is 6. The Labute approximate surface area is 106 Å². The fourth-order valence-electron chi connectivity index (χ4n) is 1.50. The fraction of sp³-hybridized carbons (Fsp3) is 0.429. The van der Waals surface area contributed by atoms with E-state index in [1.807, 2.05) is 13.0 Å². The second-order valence-electron chi connectivity index (χ2n) is 4.10. The van der Waals surface area contributed by atoms with Gasteiger partial charge in [-0.15, -0.1) is 0 Å². The van der Waals surface area contributed by atoms with Crippen LogP contribution in [0.2, 0.25) is 0 Å². The molecule has 1 N–H and O–H groups in total. The maximum Gasteiger partial charge on any atom is 0.407 e. The van der Waals surface area contributed by atoms with Crippen LogP contribution in [0.25, 0.3) is 6.08 Å². The van der Waals surface area contributed by atoms with Crippen LogP contribution in [0.1, 0.15) is 25.3 Å². The number of unbranched alkanes of at least 4 members (excludes halogenated alkanes) is 1. The second kappa shape index (κ2) is 7.21. The van der Waals surface area contributed by atoms with Crippen molar-refractivity contribution in [3.8, 4) is 0 Å². The lowest BCUT2D eigenvalue weighted by Gasteiger charge is -2.18. The molecule has 1 nitrogen and oxygen atoms in total. The van der Waals surface area contributed by atoms with Gasteiger partial charge in [-0.25, -0.2) is 0 Å². The van der Waals surface area contributed by atoms with Crippen LogP contribution in [-0.2, 0) is 0 Å². The molecule has 0 aromatic heterocycles. The summed E-state index contributed by atoms with van der Waals surface area (Å²) in [6.07, 6.45) is 0.0346. The molecule has 0 aliphatic heterocycles. The molecule has 4 heteroatoms. The smallest absolute Gasteiger partial charge is 0.303 e. The monoisotopic (exact) mass is 257 g/mol. The molecule has 0 saturated heterocycles. The molecule has 0 bridgehead atoms. The van der Waals surface area contributed by atoms with Crippen LogP contribution in [-0.4, -0.2) is 18.8 Å². The minimum absolute atomic E-state index is 0.375. The van der Waals surface area contributed by atoms with Crippen molar-refractivity contribution in [1.29, 1.82) is 0 Å². The lowest BCUT2D eigenvalue weighted by molar-refractivity contribution is -0.144. The van der Waals surface area contributed by atoms with Gasteiger partial charge in [0.05, 0.1) is 0 Å². The van der Waals surface area contributed by atoms with E-state index in [2.05, 4.69) is 5.32 Å². The number of alkyl halides is 3. The molecule has 0 spiro atoms. The van der Waals surface area contributed by atoms with Gasteiger partial charge in [-0.3, -0.25) is 0 Å². The van der Waals surface area contributed by atoms with E-state index in [0.717, 1.165) is 18.4 Å². The Bertz CT molecular complexity index is 357. The summed E-state index contributed by atoms with van der Waals surface area (Å²) in [4.78, 5) is 0. The SMILES string of the molecule is CCCCN[C@H](/C=C/c1ccccc1)C(F)(F)F. The third-order valence-electron chi connectivity index (χ3n) is 2.53. The average Bonchev–Trinajstić information content (AvgIpc) is 2.33. The van der Waals surface area contributed by atoms with Crippen molar-refractivity contribution in [2.75, 3.05) is 6.54 Å². The second-order valence-corrected chi connectivity index (χ2v) is 4.10. The maximum atomic E-state index is 12.7. The Morgan fingerprint density at radius 1 is 1.22 bits per heavy atom. The minimum atomic E-state index is -4.25. The van der Waals surface area contributed by atoms with Crippen molar-refractivity contribution in [3.63, 3.8) is 0 Å². The van der Waals surface area contributed by atoms with E-state index < -0.39 is 12.2 Å². The topological polar surface area (TPSA) is 12.0 Å². The Kier molecular flexibility index (Phi) is 5.92. The quantitative estimate of drug-likeness (QED) is 0.759. The van der Waals surface area contributed by atoms with E-state index in [1.54, 1.807) is 24.3 Å². The lowest BCUT2D eigenvalue weighted by atomic mass is 10.1. The summed E-state index contributed by atoms with van der Waals surface area (Å²) in [6.45, 7) is 2.32. The molecule has 0 aliphatic carbocycles. The molecule has 1 aromatic carbocycles. The van der Waals surface area contributed by atoms with E-state index in [1.165, 1.54) is 12.2 Å². The average molecular weight is 257 g/mol. The van der Waals surface area contributed by atoms with Gasteiger partial charge in [0.25, 0.3) is 0 Å². The van der Waals surface area contributed by atoms with E-state index in [-0.39, 0.29) is 0 Å². The van der Waals surface area contributed by atoms with Gasteiger partial charge in [-0.2, -0.15) is 13.2 Å². The van der Waals surface area contributed by atoms with E-state index in [4.69, 9.17) is 0 Å². The largest absolute Gasteiger partial charge is 0.407 e. The first-order valence-corrected chi connectivity index (χ1v) is 6.07. The molecular formula is C14H18F3N. The molecular weight excluding hydrogens is 239 g/mol. The zero-order chi connectivity index (χ0) is 13.4. The van der Waals surface area contributed by atoms with Crippen LogP contribution in [0.15, 0.2) is 36.4 Å². The summed E-state index contributed by atoms with van der Waals surface area (Å²) in [5, 5.41) is 2.52. The van der Waals surface area contributed by atoms with Crippen molar-refractivity contribution in [1.82, 2.24) is 5.32 Å². The Hall–Kier alpha value is -1.29. The van der Waals surface area contributed by atoms with Crippen LogP contribution in [0.5, 0.6) is 0 Å². The normalized spacial score (nSPS) is 14.0. The Balaban J connectivity index is 2.64. The van der Waals surface area contributed by atoms with Crippen LogP contribution >= 0.6 is 0 Å². The Morgan fingerprint density at radius 2 is 1.89 bits per heavy atom. The molecule has 1 aromatic rings. The van der Waals surface area contributed by atoms with Gasteiger partial charge in [0.1, 0.15) is 6.04 Å². The van der Waals surface area contributed by atoms with E-state index in [0.29, 0.717) is 6.54 Å². The highest BCUT2D eigenvalue weighted by Crippen LogP contribution is 2.21. The highest BCUT2D eigenvalue weighted by molar-refractivity contribution is 5.49. The summed E-state index contributed by atoms with van der Waals surface area (Å²) in [7, 11) is 0. The van der Waals surface area contributed by atoms with Crippen LogP contribution in [0.4, 0.5) is 13.2 Å². The number of benzene rings is 1. The van der Waals surface area contributed by atoms with Crippen LogP contribution in [0.3, 0.4) is 0 Å². The molecule has 0 heterocycles. The maximum absolute atomic E-state index is 12.7. The van der Waals surface area contributed by atoms with Gasteiger partial charge in [-0.05, 0) is 18.5 Å². The Morgan fingerprint density at radius 3 is 2.44 bits per heavy atom. The van der Waals surface area contributed by atoms with Gasteiger partial charge in [0.15, 0.2) is 0 Å². The molecule has 1 atom stereocenters. The molecule has 0 fully saturated rings. The molecule has 100 valence electrons. The van der Waals surface area contributed by atoms with E-state index >= 15 is 0 Å². The predicted molar refractivity (Wildman–Crippen MR) is 68.2 cm³/mol. The first kappa shape index (κ1) is 14.8. The van der Waals surface area contributed by atoms with Gasteiger partial charge in [0.2, 0.25) is 0 Å². The van der Waals surface area contributed by atoms with Crippen molar-refractivity contribution < 1.29 is 13.2 Å². The summed E-state index contributed by atoms with van der Waals surface area (Å²) in [5.41, 5.74) is 0.768. The van der Waals surface area contributed by atoms with Crippen LogP contribution in [0, 0.1) is 0 Å². The molecule has 0 unspecified atom stereocenters. The highest BCUT2D eigenvalue weighted by Gasteiger charge is 2.37. The third kappa shape index (κ3) is 5.36. The lowest BCUT2D eigenvalue weighted by Crippen LogP contribution is -2.41. The van der Waals surface area contributed by atoms with Gasteiger partial charge >= 0.3 is 6.18 Å². The zero-order valence-electron chi connectivity index (χ0n) is 10.4. The molecule has 0 saturated carbocycles. The molecule has 0 amide bonds. The minimum Gasteiger partial charge on any atom is -0.303 e. The fourth-order valence-corrected chi connectivity index (χ4v) is 1.50. The number of halogens is 3. The summed E-state index contributed by atoms with van der Waals surface area (Å²) < 4.78 is 38.2. The molecule has 0 aliphatic rings. The third-order valence-corrected chi connectivity index (χ3v) is 2.53. The number of hydrogen-bond donors (Lipinski definition) is 1. The van der Waals surface area contributed by atoms with Crippen molar-refractivity contribution in [2.45, 2.75) is 32.0 Å². The molecule has 1 rings (SSSR count). The van der Waals surface area contributed by atoms with Crippen molar-refractivity contribution in [3.05, 3.63) is 42.0 Å². The highest BCUT2D eigenvalue weighted by atomic mass is 19.4. The van der Waals surface area contributed by atoms with Gasteiger partial charge in [-0.1, -0.05) is 55.8 Å². The van der Waals surface area contributed by atoms with Crippen molar-refractivity contribution in [2.24, 2.45) is 0 Å². The number of nitrogens with one attached hydrogen (secondary N) is 1. The van der Waals surface area contributed by atoms with Crippen molar-refractivity contribution >= 4 is 6.08 Å². The van der Waals surface area contributed by atoms with Gasteiger partial charge in [0, 0.05) is 0 Å². The predicted octanol–water partition coefficient (Wildman–Crippen LogP) is 4.02. The summed E-state index contributed by atoms with van der Waals surface area (Å²) in [6, 6.07) is 7.40. The van der Waals surface area contributed by atoms with Crippen LogP contribution < -0.4 is 5.32 Å². The zero-order valence-corrected chi connectivity index (χ0v) is 10.4. The first-order chi connectivity index (χ1) is 8.54. The summed E-state index contributed by atoms with van der Waals surface area (Å²) in [5.74, 6) is 0. The standard InChI is InChI=1S/C14H18F3N/c1-2-3-11-18-13(14(15,16)17)10-9-12-7-5-4-6-8-12/h4-10,13,18H,2-3,11H2,1H3/b10-9+/t13-/m1/s1. The summed E-state index contributed by atoms with van der Waals surface area (Å²) >= 11 is 0. The first-order valence-electron chi connectivity index (χ1n) is 6.07.